The molecule has 1 aliphatic heterocycles. The molecule has 0 saturated carbocycles. The molecule has 1 rings (SSSR count). The highest BCUT2D eigenvalue weighted by atomic mass is 16.6. The molecule has 18 heteroatoms. The van der Waals surface area contributed by atoms with Gasteiger partial charge in [-0.25, -0.2) is 4.79 Å². The number of carbonyl (C=O) groups excluding carboxylic acids is 7. The molecule has 0 N–H and O–H groups in total. The zero-order valence-corrected chi connectivity index (χ0v) is 45.7. The van der Waals surface area contributed by atoms with Crippen LogP contribution in [0.4, 0.5) is 4.79 Å². The van der Waals surface area contributed by atoms with Crippen LogP contribution >= 0.6 is 0 Å². The zero-order chi connectivity index (χ0) is 53.0. The Kier molecular flexibility index (Phi) is 40.7. The number of likely N-dealkylation sites (tertiary alicyclic amines) is 1. The molecule has 1 aliphatic rings. The third-order valence-electron chi connectivity index (χ3n) is 12.3. The Bertz CT molecular complexity index is 1310. The highest BCUT2D eigenvalue weighted by molar-refractivity contribution is 5.79. The molecule has 2 atom stereocenters. The van der Waals surface area contributed by atoms with E-state index in [9.17, 15) is 33.6 Å². The van der Waals surface area contributed by atoms with Crippen LogP contribution in [-0.2, 0) is 61.9 Å². The Balaban J connectivity index is 2.94. The van der Waals surface area contributed by atoms with Gasteiger partial charge in [-0.1, -0.05) is 156 Å². The number of likely N-dealkylation sites (N-methyl/N-ethyl adjacent to an activating group) is 1. The summed E-state index contributed by atoms with van der Waals surface area (Å²) in [4.78, 5) is 97.4. The summed E-state index contributed by atoms with van der Waals surface area (Å²) in [7, 11) is 3.67. The maximum absolute atomic E-state index is 13.4. The fourth-order valence-electron chi connectivity index (χ4n) is 8.04. The van der Waals surface area contributed by atoms with Gasteiger partial charge in [0.1, 0.15) is 19.8 Å². The van der Waals surface area contributed by atoms with E-state index in [1.807, 2.05) is 19.0 Å². The van der Waals surface area contributed by atoms with Crippen LogP contribution in [0.3, 0.4) is 0 Å². The van der Waals surface area contributed by atoms with Crippen molar-refractivity contribution in [2.45, 2.75) is 200 Å². The molecule has 1 saturated heterocycles. The van der Waals surface area contributed by atoms with Crippen molar-refractivity contribution < 1.29 is 66.7 Å². The van der Waals surface area contributed by atoms with Gasteiger partial charge in [0.05, 0.1) is 77.8 Å². The number of nitrogens with zero attached hydrogens (tertiary/aromatic N) is 4. The van der Waals surface area contributed by atoms with E-state index in [0.717, 1.165) is 154 Å². The fraction of sp³-hybridized carbons (Fsp3) is 0.870. The first-order valence-electron chi connectivity index (χ1n) is 27.8. The van der Waals surface area contributed by atoms with E-state index < -0.39 is 67.1 Å². The number of carbonyl (C=O) groups is 7. The Hall–Kier alpha value is -4.03. The van der Waals surface area contributed by atoms with Crippen LogP contribution in [-0.4, -0.2) is 180 Å². The molecule has 0 aromatic heterocycles. The summed E-state index contributed by atoms with van der Waals surface area (Å²) in [6.45, 7) is 7.55. The van der Waals surface area contributed by atoms with Gasteiger partial charge in [-0.3, -0.25) is 43.5 Å². The normalized spacial score (nSPS) is 14.3. The average Bonchev–Trinajstić information content (AvgIpc) is 3.32. The number of unbranched alkanes of at least 4 members (excludes halogenated alkanes) is 20. The predicted octanol–water partition coefficient (Wildman–Crippen LogP) is 8.43. The fourth-order valence-corrected chi connectivity index (χ4v) is 8.04. The van der Waals surface area contributed by atoms with Crippen molar-refractivity contribution in [2.24, 2.45) is 0 Å². The standard InChI is InChI=1S/C54H98N4O14/c1-7-11-15-19-23-27-32-66-48(59)38-56(39-49(60)67-33-28-24-20-16-12-8-2)42-52(63)71-44-46-37-47(58(46)54(65)70-36-31-55(5)6)45-72-53(64)43-57(40-50(61)68-34-29-25-21-17-13-9-3)41-51(62)69-35-30-26-22-18-14-10-4/h46-47H,7-45H2,1-6H3/t46-,47-/m1/s1. The molecular weight excluding hydrogens is 929 g/mol. The molecular formula is C54H98N4O14. The molecule has 1 amide bonds. The van der Waals surface area contributed by atoms with Crippen molar-refractivity contribution in [1.82, 2.24) is 19.6 Å². The smallest absolute Gasteiger partial charge is 0.410 e. The van der Waals surface area contributed by atoms with Gasteiger partial charge in [-0.15, -0.1) is 0 Å². The van der Waals surface area contributed by atoms with E-state index in [2.05, 4.69) is 27.7 Å². The van der Waals surface area contributed by atoms with Crippen LogP contribution in [0.5, 0.6) is 0 Å². The quantitative estimate of drug-likeness (QED) is 0.0319. The Morgan fingerprint density at radius 2 is 0.625 bits per heavy atom. The first kappa shape index (κ1) is 66.0. The number of amides is 1. The van der Waals surface area contributed by atoms with Crippen LogP contribution in [0.2, 0.25) is 0 Å². The predicted molar refractivity (Wildman–Crippen MR) is 276 cm³/mol. The van der Waals surface area contributed by atoms with Gasteiger partial charge in [-0.05, 0) is 46.2 Å². The van der Waals surface area contributed by atoms with Crippen molar-refractivity contribution in [3.05, 3.63) is 0 Å². The zero-order valence-electron chi connectivity index (χ0n) is 45.7. The Morgan fingerprint density at radius 3 is 0.903 bits per heavy atom. The van der Waals surface area contributed by atoms with Crippen molar-refractivity contribution in [3.63, 3.8) is 0 Å². The number of hydrogen-bond donors (Lipinski definition) is 0. The van der Waals surface area contributed by atoms with Gasteiger partial charge < -0.3 is 38.1 Å². The number of rotatable bonds is 47. The van der Waals surface area contributed by atoms with E-state index in [1.165, 1.54) is 14.7 Å². The molecule has 0 unspecified atom stereocenters. The molecule has 0 spiro atoms. The van der Waals surface area contributed by atoms with E-state index in [-0.39, 0.29) is 72.4 Å². The lowest BCUT2D eigenvalue weighted by Gasteiger charge is -2.46. The number of hydrogen-bond acceptors (Lipinski definition) is 17. The van der Waals surface area contributed by atoms with E-state index in [4.69, 9.17) is 33.2 Å². The van der Waals surface area contributed by atoms with Crippen molar-refractivity contribution >= 4 is 41.9 Å². The van der Waals surface area contributed by atoms with Crippen LogP contribution in [0.1, 0.15) is 188 Å². The lowest BCUT2D eigenvalue weighted by Crippen LogP contribution is -2.62. The largest absolute Gasteiger partial charge is 0.465 e. The minimum atomic E-state index is -0.727. The molecule has 1 fully saturated rings. The molecule has 0 aromatic carbocycles. The molecule has 72 heavy (non-hydrogen) atoms. The number of ether oxygens (including phenoxy) is 7. The second-order valence-electron chi connectivity index (χ2n) is 19.5. The summed E-state index contributed by atoms with van der Waals surface area (Å²) in [5.41, 5.74) is 0. The van der Waals surface area contributed by atoms with Crippen molar-refractivity contribution in [2.75, 3.05) is 106 Å². The molecule has 0 bridgehead atoms. The second kappa shape index (κ2) is 44.5. The highest BCUT2D eigenvalue weighted by Gasteiger charge is 2.44. The van der Waals surface area contributed by atoms with Gasteiger partial charge in [0.2, 0.25) is 0 Å². The lowest BCUT2D eigenvalue weighted by molar-refractivity contribution is -0.155. The molecule has 0 aromatic rings. The Labute approximate surface area is 433 Å². The van der Waals surface area contributed by atoms with Crippen molar-refractivity contribution in [1.29, 1.82) is 0 Å². The molecule has 1 heterocycles. The summed E-state index contributed by atoms with van der Waals surface area (Å²) < 4.78 is 38.5. The van der Waals surface area contributed by atoms with Gasteiger partial charge in [0.15, 0.2) is 0 Å². The van der Waals surface area contributed by atoms with E-state index in [0.29, 0.717) is 13.0 Å². The SMILES string of the molecule is CCCCCCCCOC(=O)CN(CC(=O)OCCCCCCCC)CC(=O)OC[C@H]1C[C@H](COC(=O)CN(CC(=O)OCCCCCCCC)CC(=O)OCCCCCCCC)N1C(=O)OCCN(C)C. The van der Waals surface area contributed by atoms with Crippen LogP contribution in [0, 0.1) is 0 Å². The van der Waals surface area contributed by atoms with E-state index in [1.54, 1.807) is 0 Å². The summed E-state index contributed by atoms with van der Waals surface area (Å²) in [6, 6.07) is -1.25. The number of esters is 6. The topological polar surface area (TPSA) is 197 Å². The monoisotopic (exact) mass is 1030 g/mol. The minimum Gasteiger partial charge on any atom is -0.465 e. The maximum atomic E-state index is 13.4. The lowest BCUT2D eigenvalue weighted by atomic mass is 9.94. The van der Waals surface area contributed by atoms with Gasteiger partial charge in [-0.2, -0.15) is 0 Å². The first-order chi connectivity index (χ1) is 34.8. The summed E-state index contributed by atoms with van der Waals surface area (Å²) in [5.74, 6) is -3.74. The van der Waals surface area contributed by atoms with Crippen LogP contribution in [0.25, 0.3) is 0 Å². The van der Waals surface area contributed by atoms with Crippen LogP contribution in [0.15, 0.2) is 0 Å². The second-order valence-corrected chi connectivity index (χ2v) is 19.5. The first-order valence-corrected chi connectivity index (χ1v) is 27.8. The van der Waals surface area contributed by atoms with Gasteiger partial charge >= 0.3 is 41.9 Å². The Morgan fingerprint density at radius 1 is 0.361 bits per heavy atom. The average molecular weight is 1030 g/mol. The molecule has 0 aliphatic carbocycles. The third kappa shape index (κ3) is 36.0. The molecule has 418 valence electrons. The highest BCUT2D eigenvalue weighted by Crippen LogP contribution is 2.28. The minimum absolute atomic E-state index is 0.0824. The summed E-state index contributed by atoms with van der Waals surface area (Å²) in [5, 5.41) is 0. The summed E-state index contributed by atoms with van der Waals surface area (Å²) >= 11 is 0. The summed E-state index contributed by atoms with van der Waals surface area (Å²) in [6.07, 6.45) is 24.2. The van der Waals surface area contributed by atoms with Gasteiger partial charge in [0, 0.05) is 6.54 Å². The maximum Gasteiger partial charge on any atom is 0.410 e. The third-order valence-corrected chi connectivity index (χ3v) is 12.3. The van der Waals surface area contributed by atoms with Crippen molar-refractivity contribution in [3.8, 4) is 0 Å². The van der Waals surface area contributed by atoms with E-state index >= 15 is 0 Å². The molecule has 18 nitrogen and oxygen atoms in total. The van der Waals surface area contributed by atoms with Crippen LogP contribution < -0.4 is 0 Å². The van der Waals surface area contributed by atoms with Gasteiger partial charge in [0.25, 0.3) is 0 Å². The molecule has 0 radical (unpaired) electrons.